The fraction of sp³-hybridized carbons (Fsp3) is 0.182. The lowest BCUT2D eigenvalue weighted by molar-refractivity contribution is 0.482. The number of ether oxygens (including phenoxy) is 1. The average Bonchev–Trinajstić information content (AvgIpc) is 3.39. The maximum absolute atomic E-state index is 5.86. The van der Waals surface area contributed by atoms with Crippen LogP contribution in [0.15, 0.2) is 73.1 Å². The van der Waals surface area contributed by atoms with Crippen LogP contribution in [0.3, 0.4) is 0 Å². The normalized spacial score (nSPS) is 16.7. The van der Waals surface area contributed by atoms with Crippen LogP contribution in [0.4, 0.5) is 0 Å². The third-order valence-corrected chi connectivity index (χ3v) is 5.01. The first-order valence-electron chi connectivity index (χ1n) is 9.24. The minimum Gasteiger partial charge on any atom is -0.457 e. The van der Waals surface area contributed by atoms with Crippen molar-refractivity contribution in [1.82, 2.24) is 20.1 Å². The third kappa shape index (κ3) is 3.17. The number of fused-ring (bicyclic) bond motifs is 1. The van der Waals surface area contributed by atoms with Crippen LogP contribution in [0, 0.1) is 0 Å². The first-order chi connectivity index (χ1) is 13.4. The highest BCUT2D eigenvalue weighted by atomic mass is 16.5. The number of rotatable bonds is 4. The topological polar surface area (TPSA) is 52.0 Å². The zero-order valence-electron chi connectivity index (χ0n) is 14.9. The van der Waals surface area contributed by atoms with Gasteiger partial charge in [-0.2, -0.15) is 5.10 Å². The minimum absolute atomic E-state index is 0.507. The van der Waals surface area contributed by atoms with Gasteiger partial charge in [0, 0.05) is 23.5 Å². The number of hydrogen-bond acceptors (Lipinski definition) is 4. The highest BCUT2D eigenvalue weighted by Crippen LogP contribution is 2.26. The number of nitrogens with zero attached hydrogens (tertiary/aromatic N) is 3. The number of para-hydroxylation sites is 1. The molecule has 0 saturated carbocycles. The van der Waals surface area contributed by atoms with Crippen molar-refractivity contribution in [3.63, 3.8) is 0 Å². The Hall–Kier alpha value is -3.18. The first-order valence-corrected chi connectivity index (χ1v) is 9.24. The molecule has 27 heavy (non-hydrogen) atoms. The molecule has 1 aliphatic heterocycles. The highest BCUT2D eigenvalue weighted by molar-refractivity contribution is 5.79. The zero-order chi connectivity index (χ0) is 18.1. The van der Waals surface area contributed by atoms with Gasteiger partial charge in [0.1, 0.15) is 11.5 Å². The van der Waals surface area contributed by atoms with Crippen molar-refractivity contribution in [3.8, 4) is 17.2 Å². The van der Waals surface area contributed by atoms with E-state index in [9.17, 15) is 0 Å². The second-order valence-corrected chi connectivity index (χ2v) is 6.82. The molecule has 5 nitrogen and oxygen atoms in total. The van der Waals surface area contributed by atoms with E-state index in [4.69, 9.17) is 9.72 Å². The molecule has 4 aromatic rings. The summed E-state index contributed by atoms with van der Waals surface area (Å²) in [6.07, 6.45) is 5.00. The van der Waals surface area contributed by atoms with Gasteiger partial charge in [0.15, 0.2) is 0 Å². The van der Waals surface area contributed by atoms with Gasteiger partial charge >= 0.3 is 0 Å². The van der Waals surface area contributed by atoms with Crippen LogP contribution in [-0.2, 0) is 0 Å². The molecule has 0 radical (unpaired) electrons. The molecule has 5 rings (SSSR count). The molecule has 134 valence electrons. The van der Waals surface area contributed by atoms with E-state index in [1.54, 1.807) is 0 Å². The van der Waals surface area contributed by atoms with Gasteiger partial charge in [0.25, 0.3) is 0 Å². The lowest BCUT2D eigenvalue weighted by atomic mass is 10.0. The largest absolute Gasteiger partial charge is 0.457 e. The maximum atomic E-state index is 5.86. The molecule has 5 heteroatoms. The third-order valence-electron chi connectivity index (χ3n) is 5.01. The molecule has 1 unspecified atom stereocenters. The first kappa shape index (κ1) is 16.0. The van der Waals surface area contributed by atoms with Crippen molar-refractivity contribution < 1.29 is 4.74 Å². The molecular formula is C22H20N4O. The molecule has 1 atom stereocenters. The van der Waals surface area contributed by atoms with Gasteiger partial charge in [-0.1, -0.05) is 18.2 Å². The monoisotopic (exact) mass is 356 g/mol. The molecule has 2 aromatic heterocycles. The Balaban J connectivity index is 1.41. The Morgan fingerprint density at radius 2 is 1.78 bits per heavy atom. The second-order valence-electron chi connectivity index (χ2n) is 6.82. The number of aromatic nitrogens is 3. The van der Waals surface area contributed by atoms with Crippen LogP contribution < -0.4 is 10.1 Å². The smallest absolute Gasteiger partial charge is 0.127 e. The van der Waals surface area contributed by atoms with Crippen LogP contribution in [-0.4, -0.2) is 27.9 Å². The molecule has 1 fully saturated rings. The molecule has 3 heterocycles. The quantitative estimate of drug-likeness (QED) is 0.593. The maximum Gasteiger partial charge on any atom is 0.127 e. The van der Waals surface area contributed by atoms with Crippen molar-refractivity contribution in [3.05, 3.63) is 78.8 Å². The zero-order valence-corrected chi connectivity index (χ0v) is 14.9. The van der Waals surface area contributed by atoms with E-state index < -0.39 is 0 Å². The number of benzene rings is 2. The molecule has 0 bridgehead atoms. The van der Waals surface area contributed by atoms with Crippen molar-refractivity contribution in [2.24, 2.45) is 0 Å². The molecule has 0 amide bonds. The summed E-state index contributed by atoms with van der Waals surface area (Å²) < 4.78 is 7.78. The van der Waals surface area contributed by atoms with Gasteiger partial charge < -0.3 is 10.1 Å². The van der Waals surface area contributed by atoms with E-state index in [-0.39, 0.29) is 0 Å². The van der Waals surface area contributed by atoms with Crippen molar-refractivity contribution in [1.29, 1.82) is 0 Å². The van der Waals surface area contributed by atoms with Crippen LogP contribution in [0.5, 0.6) is 11.5 Å². The van der Waals surface area contributed by atoms with Gasteiger partial charge in [-0.15, -0.1) is 0 Å². The summed E-state index contributed by atoms with van der Waals surface area (Å²) in [4.78, 5) is 4.70. The predicted molar refractivity (Wildman–Crippen MR) is 106 cm³/mol. The molecule has 0 spiro atoms. The summed E-state index contributed by atoms with van der Waals surface area (Å²) in [5, 5.41) is 9.09. The summed E-state index contributed by atoms with van der Waals surface area (Å²) in [6.45, 7) is 2.08. The Bertz CT molecular complexity index is 1050. The molecule has 0 aliphatic carbocycles. The van der Waals surface area contributed by atoms with Gasteiger partial charge in [-0.25, -0.2) is 4.68 Å². The predicted octanol–water partition coefficient (Wildman–Crippen LogP) is 4.29. The van der Waals surface area contributed by atoms with E-state index in [0.717, 1.165) is 53.3 Å². The van der Waals surface area contributed by atoms with Gasteiger partial charge in [-0.05, 0) is 55.4 Å². The fourth-order valence-electron chi connectivity index (χ4n) is 3.56. The van der Waals surface area contributed by atoms with E-state index >= 15 is 0 Å². The standard InChI is InChI=1S/C22H20N4O/c1-2-4-19(5-3-1)27-20-8-6-18(7-9-20)26-22-15-24-21(12-17(22)14-25-26)16-10-11-23-13-16/h1-9,12,14-16,23H,10-11,13H2. The molecule has 1 N–H and O–H groups in total. The lowest BCUT2D eigenvalue weighted by Crippen LogP contribution is -2.08. The SMILES string of the molecule is c1ccc(Oc2ccc(-n3ncc4cc(C5CCNC5)ncc43)cc2)cc1. The molecule has 1 aliphatic rings. The van der Waals surface area contributed by atoms with Crippen molar-refractivity contribution in [2.45, 2.75) is 12.3 Å². The number of hydrogen-bond donors (Lipinski definition) is 1. The number of pyridine rings is 1. The van der Waals surface area contributed by atoms with Gasteiger partial charge in [0.2, 0.25) is 0 Å². The lowest BCUT2D eigenvalue weighted by Gasteiger charge is -2.09. The van der Waals surface area contributed by atoms with Crippen LogP contribution >= 0.6 is 0 Å². The number of nitrogens with one attached hydrogen (secondary N) is 1. The Kier molecular flexibility index (Phi) is 4.07. The van der Waals surface area contributed by atoms with Crippen molar-refractivity contribution >= 4 is 10.9 Å². The van der Waals surface area contributed by atoms with E-state index in [0.29, 0.717) is 5.92 Å². The fourth-order valence-corrected chi connectivity index (χ4v) is 3.56. The Morgan fingerprint density at radius 1 is 0.963 bits per heavy atom. The van der Waals surface area contributed by atoms with Crippen molar-refractivity contribution in [2.75, 3.05) is 13.1 Å². The summed E-state index contributed by atoms with van der Waals surface area (Å²) in [6, 6.07) is 19.9. The summed E-state index contributed by atoms with van der Waals surface area (Å²) in [7, 11) is 0. The summed E-state index contributed by atoms with van der Waals surface area (Å²) >= 11 is 0. The molecular weight excluding hydrogens is 336 g/mol. The molecule has 1 saturated heterocycles. The van der Waals surface area contributed by atoms with Crippen LogP contribution in [0.25, 0.3) is 16.6 Å². The Morgan fingerprint density at radius 3 is 2.56 bits per heavy atom. The summed E-state index contributed by atoms with van der Waals surface area (Å²) in [5.41, 5.74) is 3.16. The van der Waals surface area contributed by atoms with Gasteiger partial charge in [0.05, 0.1) is 23.6 Å². The van der Waals surface area contributed by atoms with Gasteiger partial charge in [-0.3, -0.25) is 4.98 Å². The van der Waals surface area contributed by atoms with E-state index in [2.05, 4.69) is 16.5 Å². The highest BCUT2D eigenvalue weighted by Gasteiger charge is 2.18. The summed E-state index contributed by atoms with van der Waals surface area (Å²) in [5.74, 6) is 2.13. The minimum atomic E-state index is 0.507. The van der Waals surface area contributed by atoms with Crippen LogP contribution in [0.2, 0.25) is 0 Å². The second kappa shape index (κ2) is 6.85. The molecule has 2 aromatic carbocycles. The Labute approximate surface area is 157 Å². The van der Waals surface area contributed by atoms with E-state index in [1.165, 1.54) is 0 Å². The van der Waals surface area contributed by atoms with E-state index in [1.807, 2.05) is 71.7 Å². The average molecular weight is 356 g/mol. The van der Waals surface area contributed by atoms with Crippen LogP contribution in [0.1, 0.15) is 18.0 Å².